The first-order chi connectivity index (χ1) is 11.0. The maximum absolute atomic E-state index is 13.3. The molecule has 3 aromatic rings. The fourth-order valence-corrected chi connectivity index (χ4v) is 2.98. The molecule has 1 aromatic heterocycles. The number of amides is 1. The zero-order valence-electron chi connectivity index (χ0n) is 11.7. The molecule has 0 bridgehead atoms. The summed E-state index contributed by atoms with van der Waals surface area (Å²) in [5.74, 6) is -1.18. The van der Waals surface area contributed by atoms with E-state index in [2.05, 4.69) is 10.4 Å². The number of fused-ring (bicyclic) bond motifs is 1. The molecule has 2 aromatic carbocycles. The molecule has 0 atom stereocenters. The minimum Gasteiger partial charge on any atom is -0.360 e. The van der Waals surface area contributed by atoms with Gasteiger partial charge in [0.2, 0.25) is 0 Å². The van der Waals surface area contributed by atoms with E-state index in [4.69, 9.17) is 0 Å². The van der Waals surface area contributed by atoms with Crippen LogP contribution in [0.2, 0.25) is 0 Å². The van der Waals surface area contributed by atoms with Gasteiger partial charge in [-0.15, -0.1) is 4.83 Å². The molecule has 0 saturated heterocycles. The Kier molecular flexibility index (Phi) is 3.85. The van der Waals surface area contributed by atoms with E-state index in [1.165, 1.54) is 36.5 Å². The number of halogens is 1. The molecule has 1 heterocycles. The second kappa shape index (κ2) is 5.82. The Bertz CT molecular complexity index is 968. The number of hydrogen-bond donors (Lipinski definition) is 3. The van der Waals surface area contributed by atoms with Gasteiger partial charge in [0.1, 0.15) is 5.82 Å². The molecule has 0 radical (unpaired) electrons. The fraction of sp³-hybridized carbons (Fsp3) is 0. The summed E-state index contributed by atoms with van der Waals surface area (Å²) in [5, 5.41) is 0.362. The summed E-state index contributed by atoms with van der Waals surface area (Å²) in [6.45, 7) is 0. The minimum absolute atomic E-state index is 0.0188. The van der Waals surface area contributed by atoms with Crippen molar-refractivity contribution in [1.82, 2.24) is 15.2 Å². The van der Waals surface area contributed by atoms with Crippen LogP contribution < -0.4 is 10.3 Å². The predicted molar refractivity (Wildman–Crippen MR) is 82.5 cm³/mol. The topological polar surface area (TPSA) is 91.1 Å². The molecule has 0 aliphatic carbocycles. The third kappa shape index (κ3) is 3.08. The molecule has 0 aliphatic heterocycles. The number of sulfonamides is 1. The van der Waals surface area contributed by atoms with Crippen molar-refractivity contribution in [2.75, 3.05) is 0 Å². The van der Waals surface area contributed by atoms with Gasteiger partial charge in [-0.05, 0) is 30.3 Å². The van der Waals surface area contributed by atoms with Gasteiger partial charge in [-0.3, -0.25) is 10.2 Å². The average molecular weight is 333 g/mol. The molecule has 0 spiro atoms. The Morgan fingerprint density at radius 1 is 1.09 bits per heavy atom. The SMILES string of the molecule is O=C(NNS(=O)(=O)c1ccccc1)c1c[nH]c2ccc(F)cc12. The van der Waals surface area contributed by atoms with Gasteiger partial charge in [-0.1, -0.05) is 18.2 Å². The number of nitrogens with one attached hydrogen (secondary N) is 3. The van der Waals surface area contributed by atoms with Crippen LogP contribution in [0.25, 0.3) is 10.9 Å². The van der Waals surface area contributed by atoms with Crippen LogP contribution in [-0.4, -0.2) is 19.3 Å². The molecular weight excluding hydrogens is 321 g/mol. The summed E-state index contributed by atoms with van der Waals surface area (Å²) in [4.78, 5) is 17.0. The summed E-state index contributed by atoms with van der Waals surface area (Å²) in [5.41, 5.74) is 2.82. The number of hydrogen-bond acceptors (Lipinski definition) is 3. The lowest BCUT2D eigenvalue weighted by atomic mass is 10.1. The van der Waals surface area contributed by atoms with Crippen LogP contribution in [0.3, 0.4) is 0 Å². The highest BCUT2D eigenvalue weighted by molar-refractivity contribution is 7.89. The lowest BCUT2D eigenvalue weighted by Crippen LogP contribution is -2.41. The molecule has 3 N–H and O–H groups in total. The highest BCUT2D eigenvalue weighted by atomic mass is 32.2. The summed E-state index contributed by atoms with van der Waals surface area (Å²) >= 11 is 0. The second-order valence-electron chi connectivity index (χ2n) is 4.76. The first-order valence-corrected chi connectivity index (χ1v) is 8.09. The number of carbonyl (C=O) groups is 1. The van der Waals surface area contributed by atoms with Crippen molar-refractivity contribution in [2.45, 2.75) is 4.90 Å². The zero-order valence-corrected chi connectivity index (χ0v) is 12.5. The third-order valence-corrected chi connectivity index (χ3v) is 4.50. The largest absolute Gasteiger partial charge is 0.360 e. The smallest absolute Gasteiger partial charge is 0.268 e. The van der Waals surface area contributed by atoms with Crippen molar-refractivity contribution in [3.05, 3.63) is 66.1 Å². The maximum Gasteiger partial charge on any atom is 0.268 e. The molecule has 118 valence electrons. The van der Waals surface area contributed by atoms with Gasteiger partial charge in [-0.25, -0.2) is 12.8 Å². The van der Waals surface area contributed by atoms with Crippen LogP contribution in [0.5, 0.6) is 0 Å². The normalized spacial score (nSPS) is 11.5. The maximum atomic E-state index is 13.3. The van der Waals surface area contributed by atoms with Gasteiger partial charge in [0.15, 0.2) is 0 Å². The van der Waals surface area contributed by atoms with Crippen molar-refractivity contribution in [3.63, 3.8) is 0 Å². The van der Waals surface area contributed by atoms with Crippen LogP contribution in [-0.2, 0) is 10.0 Å². The van der Waals surface area contributed by atoms with Crippen molar-refractivity contribution in [3.8, 4) is 0 Å². The Morgan fingerprint density at radius 2 is 1.83 bits per heavy atom. The van der Waals surface area contributed by atoms with Crippen molar-refractivity contribution in [2.24, 2.45) is 0 Å². The number of hydrazine groups is 1. The number of carbonyl (C=O) groups excluding carboxylic acids is 1. The highest BCUT2D eigenvalue weighted by Crippen LogP contribution is 2.19. The van der Waals surface area contributed by atoms with Crippen molar-refractivity contribution in [1.29, 1.82) is 0 Å². The molecule has 1 amide bonds. The van der Waals surface area contributed by atoms with Crippen LogP contribution >= 0.6 is 0 Å². The van der Waals surface area contributed by atoms with E-state index in [1.54, 1.807) is 18.2 Å². The minimum atomic E-state index is -3.87. The van der Waals surface area contributed by atoms with Crippen LogP contribution in [0.4, 0.5) is 4.39 Å². The van der Waals surface area contributed by atoms with Gasteiger partial charge in [0.05, 0.1) is 10.5 Å². The molecule has 0 aliphatic rings. The van der Waals surface area contributed by atoms with Gasteiger partial charge < -0.3 is 4.98 Å². The summed E-state index contributed by atoms with van der Waals surface area (Å²) in [6, 6.07) is 11.6. The first-order valence-electron chi connectivity index (χ1n) is 6.61. The molecule has 3 rings (SSSR count). The molecule has 0 unspecified atom stereocenters. The number of aromatic amines is 1. The Balaban J connectivity index is 1.80. The van der Waals surface area contributed by atoms with E-state index in [-0.39, 0.29) is 10.5 Å². The first kappa shape index (κ1) is 15.2. The number of benzene rings is 2. The summed E-state index contributed by atoms with van der Waals surface area (Å²) in [7, 11) is -3.87. The van der Waals surface area contributed by atoms with Crippen molar-refractivity contribution >= 4 is 26.8 Å². The summed E-state index contributed by atoms with van der Waals surface area (Å²) < 4.78 is 37.4. The Hall–Kier alpha value is -2.71. The third-order valence-electron chi connectivity index (χ3n) is 3.24. The Morgan fingerprint density at radius 3 is 2.57 bits per heavy atom. The molecule has 6 nitrogen and oxygen atoms in total. The monoisotopic (exact) mass is 333 g/mol. The number of rotatable bonds is 4. The van der Waals surface area contributed by atoms with Crippen LogP contribution in [0.15, 0.2) is 59.6 Å². The quantitative estimate of drug-likeness (QED) is 0.637. The van der Waals surface area contributed by atoms with Crippen LogP contribution in [0, 0.1) is 5.82 Å². The number of H-pyrrole nitrogens is 1. The predicted octanol–water partition coefficient (Wildman–Crippen LogP) is 1.93. The standard InChI is InChI=1S/C15H12FN3O3S/c16-10-6-7-14-12(8-10)13(9-17-14)15(20)18-19-23(21,22)11-4-2-1-3-5-11/h1-9,17,19H,(H,18,20). The van der Waals surface area contributed by atoms with Gasteiger partial charge >= 0.3 is 0 Å². The number of aromatic nitrogens is 1. The molecular formula is C15H12FN3O3S. The van der Waals surface area contributed by atoms with E-state index < -0.39 is 21.7 Å². The van der Waals surface area contributed by atoms with E-state index in [0.717, 1.165) is 0 Å². The van der Waals surface area contributed by atoms with Crippen molar-refractivity contribution < 1.29 is 17.6 Å². The van der Waals surface area contributed by atoms with E-state index in [0.29, 0.717) is 10.9 Å². The van der Waals surface area contributed by atoms with E-state index in [9.17, 15) is 17.6 Å². The lowest BCUT2D eigenvalue weighted by molar-refractivity contribution is 0.0947. The zero-order chi connectivity index (χ0) is 16.4. The van der Waals surface area contributed by atoms with Gasteiger partial charge in [0.25, 0.3) is 15.9 Å². The summed E-state index contributed by atoms with van der Waals surface area (Å²) in [6.07, 6.45) is 1.39. The lowest BCUT2D eigenvalue weighted by Gasteiger charge is -2.07. The van der Waals surface area contributed by atoms with Gasteiger partial charge in [-0.2, -0.15) is 0 Å². The van der Waals surface area contributed by atoms with Gasteiger partial charge in [0, 0.05) is 17.1 Å². The fourth-order valence-electron chi connectivity index (χ4n) is 2.12. The van der Waals surface area contributed by atoms with E-state index in [1.807, 2.05) is 4.83 Å². The Labute approximate surface area is 131 Å². The average Bonchev–Trinajstić information content (AvgIpc) is 2.96. The van der Waals surface area contributed by atoms with E-state index >= 15 is 0 Å². The molecule has 0 saturated carbocycles. The molecule has 23 heavy (non-hydrogen) atoms. The second-order valence-corrected chi connectivity index (χ2v) is 6.45. The molecule has 8 heteroatoms. The molecule has 0 fully saturated rings. The van der Waals surface area contributed by atoms with Crippen LogP contribution in [0.1, 0.15) is 10.4 Å². The highest BCUT2D eigenvalue weighted by Gasteiger charge is 2.17.